The molecule has 13 nitrogen and oxygen atoms in total. The minimum Gasteiger partial charge on any atom is -0.481 e. The molecule has 0 aliphatic rings. The van der Waals surface area contributed by atoms with Crippen LogP contribution in [-0.4, -0.2) is 77.2 Å². The van der Waals surface area contributed by atoms with Gasteiger partial charge in [0.15, 0.2) is 5.60 Å². The van der Waals surface area contributed by atoms with E-state index >= 15 is 0 Å². The summed E-state index contributed by atoms with van der Waals surface area (Å²) >= 11 is 0. The van der Waals surface area contributed by atoms with E-state index < -0.39 is 60.7 Å². The van der Waals surface area contributed by atoms with Gasteiger partial charge in [0.2, 0.25) is 0 Å². The highest BCUT2D eigenvalue weighted by atomic mass is 16.4. The van der Waals surface area contributed by atoms with Crippen molar-refractivity contribution >= 4 is 35.8 Å². The number of carboxylic acids is 6. The first-order valence-electron chi connectivity index (χ1n) is 5.66. The fourth-order valence-corrected chi connectivity index (χ4v) is 0.843. The van der Waals surface area contributed by atoms with Crippen molar-refractivity contribution in [2.24, 2.45) is 0 Å². The van der Waals surface area contributed by atoms with Gasteiger partial charge in [0, 0.05) is 6.92 Å². The van der Waals surface area contributed by atoms with Gasteiger partial charge in [0.25, 0.3) is 5.97 Å². The van der Waals surface area contributed by atoms with Crippen molar-refractivity contribution in [2.75, 3.05) is 0 Å². The van der Waals surface area contributed by atoms with Crippen LogP contribution in [0.25, 0.3) is 0 Å². The van der Waals surface area contributed by atoms with Crippen LogP contribution in [0, 0.1) is 0 Å². The van der Waals surface area contributed by atoms with Gasteiger partial charge < -0.3 is 35.7 Å². The molecule has 0 aromatic carbocycles. The predicted molar refractivity (Wildman–Crippen MR) is 70.3 cm³/mol. The summed E-state index contributed by atoms with van der Waals surface area (Å²) in [5.74, 6) is -8.48. The van der Waals surface area contributed by atoms with Gasteiger partial charge in [-0.15, -0.1) is 0 Å². The molecule has 7 N–H and O–H groups in total. The van der Waals surface area contributed by atoms with Gasteiger partial charge in [-0.1, -0.05) is 0 Å². The average molecular weight is 356 g/mol. The molecule has 0 amide bonds. The largest absolute Gasteiger partial charge is 0.481 e. The summed E-state index contributed by atoms with van der Waals surface area (Å²) in [6.07, 6.45) is -3.09. The third-order valence-corrected chi connectivity index (χ3v) is 1.59. The Bertz CT molecular complexity index is 460. The lowest BCUT2D eigenvalue weighted by Crippen LogP contribution is -2.42. The van der Waals surface area contributed by atoms with Gasteiger partial charge in [-0.25, -0.2) is 4.79 Å². The lowest BCUT2D eigenvalue weighted by molar-refractivity contribution is -0.170. The average Bonchev–Trinajstić information content (AvgIpc) is 2.23. The van der Waals surface area contributed by atoms with Gasteiger partial charge in [-0.2, -0.15) is 0 Å². The smallest absolute Gasteiger partial charge is 0.336 e. The van der Waals surface area contributed by atoms with Crippen LogP contribution in [0.15, 0.2) is 0 Å². The molecular weight excluding hydrogens is 340 g/mol. The number of aliphatic hydroxyl groups is 1. The van der Waals surface area contributed by atoms with Crippen molar-refractivity contribution in [3.05, 3.63) is 0 Å². The zero-order valence-corrected chi connectivity index (χ0v) is 12.2. The SMILES string of the molecule is CC(=O)O.O=C(O)CC(=O)O.O=C(O)CC(O)(CC(=O)O)C(=O)O. The molecule has 0 bridgehead atoms. The first-order valence-corrected chi connectivity index (χ1v) is 5.66. The molecule has 0 atom stereocenters. The molecule has 0 aromatic heterocycles. The maximum Gasteiger partial charge on any atom is 0.336 e. The van der Waals surface area contributed by atoms with E-state index in [4.69, 9.17) is 40.5 Å². The minimum atomic E-state index is -2.74. The molecule has 0 rings (SSSR count). The topological polar surface area (TPSA) is 244 Å². The molecule has 0 fully saturated rings. The molecule has 0 unspecified atom stereocenters. The Balaban J connectivity index is -0.000000335. The zero-order valence-electron chi connectivity index (χ0n) is 12.2. The van der Waals surface area contributed by atoms with Crippen molar-refractivity contribution in [2.45, 2.75) is 31.8 Å². The van der Waals surface area contributed by atoms with E-state index in [-0.39, 0.29) is 0 Å². The summed E-state index contributed by atoms with van der Waals surface area (Å²) in [7, 11) is 0. The summed E-state index contributed by atoms with van der Waals surface area (Å²) in [5.41, 5.74) is -2.74. The molecule has 0 radical (unpaired) electrons. The normalized spacial score (nSPS) is 9.25. The van der Waals surface area contributed by atoms with Gasteiger partial charge >= 0.3 is 29.8 Å². The molecule has 13 heteroatoms. The van der Waals surface area contributed by atoms with Gasteiger partial charge in [-0.05, 0) is 0 Å². The summed E-state index contributed by atoms with van der Waals surface area (Å²) in [6.45, 7) is 1.08. The Hall–Kier alpha value is -3.22. The summed E-state index contributed by atoms with van der Waals surface area (Å²) in [5, 5.41) is 56.6. The maximum absolute atomic E-state index is 10.3. The van der Waals surface area contributed by atoms with Gasteiger partial charge in [0.05, 0.1) is 12.8 Å². The third kappa shape index (κ3) is 21.1. The highest BCUT2D eigenvalue weighted by Crippen LogP contribution is 2.15. The molecule has 0 saturated carbocycles. The molecule has 0 aromatic rings. The maximum atomic E-state index is 10.3. The molecular formula is C11H16O13. The van der Waals surface area contributed by atoms with E-state index in [1.807, 2.05) is 0 Å². The van der Waals surface area contributed by atoms with Gasteiger partial charge in [-0.3, -0.25) is 24.0 Å². The molecule has 0 saturated heterocycles. The molecule has 138 valence electrons. The molecule has 0 spiro atoms. The third-order valence-electron chi connectivity index (χ3n) is 1.59. The van der Waals surface area contributed by atoms with Crippen molar-refractivity contribution < 1.29 is 64.5 Å². The van der Waals surface area contributed by atoms with Crippen molar-refractivity contribution in [1.82, 2.24) is 0 Å². The van der Waals surface area contributed by atoms with E-state index in [9.17, 15) is 24.0 Å². The Labute approximate surface area is 133 Å². The van der Waals surface area contributed by atoms with Crippen LogP contribution in [0.2, 0.25) is 0 Å². The Kier molecular flexibility index (Phi) is 13.2. The lowest BCUT2D eigenvalue weighted by atomic mass is 9.96. The number of aliphatic carboxylic acids is 6. The van der Waals surface area contributed by atoms with Crippen LogP contribution < -0.4 is 0 Å². The van der Waals surface area contributed by atoms with Crippen LogP contribution >= 0.6 is 0 Å². The Morgan fingerprint density at radius 2 is 0.917 bits per heavy atom. The van der Waals surface area contributed by atoms with E-state index in [1.165, 1.54) is 0 Å². The number of hydrogen-bond acceptors (Lipinski definition) is 7. The molecule has 0 aliphatic heterocycles. The van der Waals surface area contributed by atoms with Crippen LogP contribution in [0.4, 0.5) is 0 Å². The minimum absolute atomic E-state index is 0.806. The predicted octanol–water partition coefficient (Wildman–Crippen LogP) is -1.61. The zero-order chi connectivity index (χ0) is 20.1. The van der Waals surface area contributed by atoms with Crippen molar-refractivity contribution in [3.8, 4) is 0 Å². The van der Waals surface area contributed by atoms with Crippen LogP contribution in [0.1, 0.15) is 26.2 Å². The Morgan fingerprint density at radius 3 is 1.00 bits per heavy atom. The molecule has 24 heavy (non-hydrogen) atoms. The Morgan fingerprint density at radius 1 is 0.667 bits per heavy atom. The number of hydrogen-bond donors (Lipinski definition) is 7. The molecule has 0 heterocycles. The highest BCUT2D eigenvalue weighted by molar-refractivity contribution is 5.89. The summed E-state index contributed by atoms with van der Waals surface area (Å²) < 4.78 is 0. The monoisotopic (exact) mass is 356 g/mol. The second-order valence-corrected chi connectivity index (χ2v) is 3.96. The van der Waals surface area contributed by atoms with Crippen LogP contribution in [0.3, 0.4) is 0 Å². The number of carboxylic acid groups (broad SMARTS) is 6. The van der Waals surface area contributed by atoms with Crippen LogP contribution in [-0.2, 0) is 28.8 Å². The number of rotatable bonds is 7. The van der Waals surface area contributed by atoms with Crippen LogP contribution in [0.5, 0.6) is 0 Å². The first kappa shape index (κ1) is 25.7. The fraction of sp³-hybridized carbons (Fsp3) is 0.455. The quantitative estimate of drug-likeness (QED) is 0.254. The van der Waals surface area contributed by atoms with E-state index in [0.717, 1.165) is 6.92 Å². The standard InChI is InChI=1S/C6H8O7.C3H4O4.C2H4O2/c7-3(8)1-6(13,5(11)12)2-4(9)10;4-2(5)1-3(6)7;1-2(3)4/h13H,1-2H2,(H,7,8)(H,9,10)(H,11,12);1H2,(H,4,5)(H,6,7);1H3,(H,3,4). The van der Waals surface area contributed by atoms with Gasteiger partial charge in [0.1, 0.15) is 6.42 Å². The second-order valence-electron chi connectivity index (χ2n) is 3.96. The summed E-state index contributed by atoms with van der Waals surface area (Å²) in [6, 6.07) is 0. The van der Waals surface area contributed by atoms with Crippen molar-refractivity contribution in [1.29, 1.82) is 0 Å². The van der Waals surface area contributed by atoms with E-state index in [0.29, 0.717) is 0 Å². The summed E-state index contributed by atoms with van der Waals surface area (Å²) in [4.78, 5) is 58.3. The van der Waals surface area contributed by atoms with Crippen molar-refractivity contribution in [3.63, 3.8) is 0 Å². The van der Waals surface area contributed by atoms with E-state index in [2.05, 4.69) is 0 Å². The highest BCUT2D eigenvalue weighted by Gasteiger charge is 2.40. The number of carbonyl (C=O) groups is 6. The molecule has 0 aliphatic carbocycles. The fourth-order valence-electron chi connectivity index (χ4n) is 0.843. The second kappa shape index (κ2) is 12.3. The van der Waals surface area contributed by atoms with E-state index in [1.54, 1.807) is 0 Å². The lowest BCUT2D eigenvalue weighted by Gasteiger charge is -2.18. The first-order chi connectivity index (χ1) is 10.6.